The second-order valence-corrected chi connectivity index (χ2v) is 4.48. The van der Waals surface area contributed by atoms with E-state index in [2.05, 4.69) is 4.90 Å². The van der Waals surface area contributed by atoms with Crippen LogP contribution < -0.4 is 10.6 Å². The molecule has 0 aliphatic carbocycles. The van der Waals surface area contributed by atoms with E-state index in [4.69, 9.17) is 10.5 Å². The quantitative estimate of drug-likeness (QED) is 0.492. The molecule has 1 saturated heterocycles. The Morgan fingerprint density at radius 3 is 3.00 bits per heavy atom. The third-order valence-electron chi connectivity index (χ3n) is 3.01. The largest absolute Gasteiger partial charge is 0.397 e. The van der Waals surface area contributed by atoms with Gasteiger partial charge in [0, 0.05) is 31.8 Å². The predicted octanol–water partition coefficient (Wildman–Crippen LogP) is 1.79. The molecule has 98 valence electrons. The Morgan fingerprint density at radius 2 is 2.33 bits per heavy atom. The molecule has 2 N–H and O–H groups in total. The van der Waals surface area contributed by atoms with Crippen molar-refractivity contribution in [2.75, 3.05) is 30.3 Å². The number of rotatable bonds is 2. The van der Waals surface area contributed by atoms with Crippen molar-refractivity contribution in [1.29, 1.82) is 0 Å². The fourth-order valence-corrected chi connectivity index (χ4v) is 2.16. The molecule has 1 fully saturated rings. The number of ether oxygens (including phenoxy) is 1. The van der Waals surface area contributed by atoms with Crippen LogP contribution in [0.1, 0.15) is 13.3 Å². The minimum Gasteiger partial charge on any atom is -0.397 e. The van der Waals surface area contributed by atoms with Gasteiger partial charge in [-0.2, -0.15) is 0 Å². The van der Waals surface area contributed by atoms with E-state index in [9.17, 15) is 10.1 Å². The van der Waals surface area contributed by atoms with Gasteiger partial charge in [-0.3, -0.25) is 10.1 Å². The minimum absolute atomic E-state index is 0.0235. The van der Waals surface area contributed by atoms with Crippen LogP contribution in [-0.4, -0.2) is 30.7 Å². The van der Waals surface area contributed by atoms with E-state index in [1.54, 1.807) is 6.07 Å². The van der Waals surface area contributed by atoms with Crippen LogP contribution in [0.2, 0.25) is 0 Å². The number of benzene rings is 1. The van der Waals surface area contributed by atoms with E-state index in [0.717, 1.165) is 31.8 Å². The van der Waals surface area contributed by atoms with Crippen molar-refractivity contribution in [3.63, 3.8) is 0 Å². The number of hydrogen-bond acceptors (Lipinski definition) is 5. The molecule has 0 bridgehead atoms. The summed E-state index contributed by atoms with van der Waals surface area (Å²) in [5.74, 6) is 0. The Balaban J connectivity index is 2.24. The summed E-state index contributed by atoms with van der Waals surface area (Å²) in [6, 6.07) is 4.61. The number of nitrogens with zero attached hydrogens (tertiary/aromatic N) is 2. The summed E-state index contributed by atoms with van der Waals surface area (Å²) in [5, 5.41) is 10.7. The van der Waals surface area contributed by atoms with Gasteiger partial charge in [-0.25, -0.2) is 0 Å². The molecule has 1 atom stereocenters. The second-order valence-electron chi connectivity index (χ2n) is 4.48. The average Bonchev–Trinajstić information content (AvgIpc) is 2.53. The number of nitro benzene ring substituents is 1. The smallest absolute Gasteiger partial charge is 0.271 e. The van der Waals surface area contributed by atoms with E-state index < -0.39 is 4.92 Å². The van der Waals surface area contributed by atoms with Crippen molar-refractivity contribution in [3.8, 4) is 0 Å². The highest BCUT2D eigenvalue weighted by atomic mass is 16.6. The SMILES string of the molecule is CC1CN(c2ccc([N+](=O)[O-])cc2N)CCCO1. The number of nitrogen functional groups attached to an aromatic ring is 1. The van der Waals surface area contributed by atoms with Gasteiger partial charge in [-0.1, -0.05) is 0 Å². The lowest BCUT2D eigenvalue weighted by Crippen LogP contribution is -2.30. The molecule has 6 heteroatoms. The predicted molar refractivity (Wildman–Crippen MR) is 69.8 cm³/mol. The third-order valence-corrected chi connectivity index (χ3v) is 3.01. The number of nitrogens with two attached hydrogens (primary N) is 1. The summed E-state index contributed by atoms with van der Waals surface area (Å²) < 4.78 is 5.57. The molecule has 18 heavy (non-hydrogen) atoms. The topological polar surface area (TPSA) is 81.6 Å². The summed E-state index contributed by atoms with van der Waals surface area (Å²) in [6.45, 7) is 4.36. The molecule has 2 rings (SSSR count). The van der Waals surface area contributed by atoms with Crippen LogP contribution in [0.15, 0.2) is 18.2 Å². The number of nitro groups is 1. The Morgan fingerprint density at radius 1 is 1.56 bits per heavy atom. The molecule has 0 aromatic heterocycles. The van der Waals surface area contributed by atoms with Crippen molar-refractivity contribution < 1.29 is 9.66 Å². The molecule has 1 aromatic rings. The molecule has 1 aromatic carbocycles. The normalized spacial score (nSPS) is 20.5. The first-order valence-electron chi connectivity index (χ1n) is 5.98. The maximum Gasteiger partial charge on any atom is 0.271 e. The first kappa shape index (κ1) is 12.6. The third kappa shape index (κ3) is 2.70. The Labute approximate surface area is 105 Å². The maximum atomic E-state index is 10.7. The Kier molecular flexibility index (Phi) is 3.66. The molecule has 0 amide bonds. The minimum atomic E-state index is -0.436. The van der Waals surface area contributed by atoms with Gasteiger partial charge < -0.3 is 15.4 Å². The highest BCUT2D eigenvalue weighted by Gasteiger charge is 2.18. The van der Waals surface area contributed by atoms with E-state index >= 15 is 0 Å². The summed E-state index contributed by atoms with van der Waals surface area (Å²) in [6.07, 6.45) is 1.07. The van der Waals surface area contributed by atoms with Gasteiger partial charge in [0.15, 0.2) is 0 Å². The molecule has 1 unspecified atom stereocenters. The van der Waals surface area contributed by atoms with Crippen LogP contribution in [0.25, 0.3) is 0 Å². The summed E-state index contributed by atoms with van der Waals surface area (Å²) >= 11 is 0. The zero-order valence-electron chi connectivity index (χ0n) is 10.3. The Hall–Kier alpha value is -1.82. The monoisotopic (exact) mass is 251 g/mol. The number of hydrogen-bond donors (Lipinski definition) is 1. The molecule has 0 spiro atoms. The zero-order chi connectivity index (χ0) is 13.1. The molecule has 0 saturated carbocycles. The van der Waals surface area contributed by atoms with Gasteiger partial charge in [0.1, 0.15) is 0 Å². The highest BCUT2D eigenvalue weighted by Crippen LogP contribution is 2.28. The van der Waals surface area contributed by atoms with Crippen LogP contribution in [0, 0.1) is 10.1 Å². The van der Waals surface area contributed by atoms with Crippen molar-refractivity contribution in [2.24, 2.45) is 0 Å². The van der Waals surface area contributed by atoms with E-state index in [-0.39, 0.29) is 11.8 Å². The fourth-order valence-electron chi connectivity index (χ4n) is 2.16. The Bertz CT molecular complexity index is 450. The molecular weight excluding hydrogens is 234 g/mol. The first-order chi connectivity index (χ1) is 8.58. The van der Waals surface area contributed by atoms with Crippen LogP contribution in [0.4, 0.5) is 17.1 Å². The molecule has 6 nitrogen and oxygen atoms in total. The second kappa shape index (κ2) is 5.22. The first-order valence-corrected chi connectivity index (χ1v) is 5.98. The molecular formula is C12H17N3O3. The van der Waals surface area contributed by atoms with Gasteiger partial charge in [-0.05, 0) is 19.4 Å². The van der Waals surface area contributed by atoms with Gasteiger partial charge in [0.05, 0.1) is 22.4 Å². The molecule has 1 aliphatic rings. The highest BCUT2D eigenvalue weighted by molar-refractivity contribution is 5.70. The van der Waals surface area contributed by atoms with E-state index in [0.29, 0.717) is 5.69 Å². The zero-order valence-corrected chi connectivity index (χ0v) is 10.3. The van der Waals surface area contributed by atoms with Crippen LogP contribution in [-0.2, 0) is 4.74 Å². The van der Waals surface area contributed by atoms with Crippen molar-refractivity contribution >= 4 is 17.1 Å². The van der Waals surface area contributed by atoms with Crippen molar-refractivity contribution in [2.45, 2.75) is 19.4 Å². The summed E-state index contributed by atoms with van der Waals surface area (Å²) in [7, 11) is 0. The number of anilines is 2. The average molecular weight is 251 g/mol. The van der Waals surface area contributed by atoms with Gasteiger partial charge in [-0.15, -0.1) is 0 Å². The van der Waals surface area contributed by atoms with E-state index in [1.807, 2.05) is 6.92 Å². The fraction of sp³-hybridized carbons (Fsp3) is 0.500. The van der Waals surface area contributed by atoms with Gasteiger partial charge >= 0.3 is 0 Å². The van der Waals surface area contributed by atoms with Crippen LogP contribution in [0.5, 0.6) is 0 Å². The standard InChI is InChI=1S/C12H17N3O3/c1-9-8-14(5-2-6-18-9)12-4-3-10(15(16)17)7-11(12)13/h3-4,7,9H,2,5-6,8,13H2,1H3. The van der Waals surface area contributed by atoms with E-state index in [1.165, 1.54) is 12.1 Å². The van der Waals surface area contributed by atoms with Crippen LogP contribution >= 0.6 is 0 Å². The van der Waals surface area contributed by atoms with Crippen molar-refractivity contribution in [3.05, 3.63) is 28.3 Å². The molecule has 1 heterocycles. The lowest BCUT2D eigenvalue weighted by molar-refractivity contribution is -0.384. The van der Waals surface area contributed by atoms with Gasteiger partial charge in [0.25, 0.3) is 5.69 Å². The van der Waals surface area contributed by atoms with Crippen molar-refractivity contribution in [1.82, 2.24) is 0 Å². The molecule has 1 aliphatic heterocycles. The van der Waals surface area contributed by atoms with Crippen LogP contribution in [0.3, 0.4) is 0 Å². The summed E-state index contributed by atoms with van der Waals surface area (Å²) in [4.78, 5) is 12.3. The lowest BCUT2D eigenvalue weighted by atomic mass is 10.2. The molecule has 0 radical (unpaired) electrons. The summed E-state index contributed by atoms with van der Waals surface area (Å²) in [5.41, 5.74) is 7.21. The lowest BCUT2D eigenvalue weighted by Gasteiger charge is -2.25. The van der Waals surface area contributed by atoms with Gasteiger partial charge in [0.2, 0.25) is 0 Å². The number of non-ortho nitro benzene ring substituents is 1. The maximum absolute atomic E-state index is 10.7.